The monoisotopic (exact) mass is 286 g/mol. The van der Waals surface area contributed by atoms with Gasteiger partial charge in [-0.3, -0.25) is 0 Å². The average molecular weight is 286 g/mol. The molecular weight excluding hydrogens is 275 g/mol. The summed E-state index contributed by atoms with van der Waals surface area (Å²) in [4.78, 5) is 4.12. The first-order valence-electron chi connectivity index (χ1n) is 6.17. The van der Waals surface area contributed by atoms with E-state index >= 15 is 0 Å². The van der Waals surface area contributed by atoms with Crippen LogP contribution in [0, 0.1) is 12.7 Å². The van der Waals surface area contributed by atoms with Crippen LogP contribution in [0.5, 0.6) is 11.5 Å². The Hall–Kier alpha value is -2.89. The first-order chi connectivity index (χ1) is 10.0. The summed E-state index contributed by atoms with van der Waals surface area (Å²) in [6.07, 6.45) is 0. The summed E-state index contributed by atoms with van der Waals surface area (Å²) < 4.78 is 18.5. The molecule has 0 bridgehead atoms. The number of para-hydroxylation sites is 1. The average Bonchev–Trinajstić information content (AvgIpc) is 2.90. The molecule has 6 heteroatoms. The van der Waals surface area contributed by atoms with Gasteiger partial charge >= 0.3 is 0 Å². The molecule has 3 rings (SSSR count). The first-order valence-corrected chi connectivity index (χ1v) is 6.17. The Labute approximate surface area is 119 Å². The Kier molecular flexibility index (Phi) is 3.06. The number of aromatic nitrogens is 2. The van der Waals surface area contributed by atoms with Crippen LogP contribution in [0.25, 0.3) is 22.8 Å². The second kappa shape index (κ2) is 4.90. The highest BCUT2D eigenvalue weighted by Crippen LogP contribution is 2.35. The number of aromatic hydroxyl groups is 2. The molecule has 1 heterocycles. The van der Waals surface area contributed by atoms with Crippen molar-refractivity contribution in [2.45, 2.75) is 6.92 Å². The predicted octanol–water partition coefficient (Wildman–Crippen LogP) is 3.26. The first kappa shape index (κ1) is 13.1. The van der Waals surface area contributed by atoms with E-state index in [2.05, 4.69) is 10.1 Å². The fourth-order valence-electron chi connectivity index (χ4n) is 2.02. The Bertz CT molecular complexity index is 794. The van der Waals surface area contributed by atoms with Gasteiger partial charge in [-0.1, -0.05) is 11.2 Å². The molecule has 2 N–H and O–H groups in total. The molecule has 0 radical (unpaired) electrons. The number of phenolic OH excluding ortho intramolecular Hbond substituents is 2. The van der Waals surface area contributed by atoms with Crippen molar-refractivity contribution in [1.82, 2.24) is 10.1 Å². The van der Waals surface area contributed by atoms with Crippen LogP contribution in [0.3, 0.4) is 0 Å². The molecule has 0 fully saturated rings. The Morgan fingerprint density at radius 2 is 1.95 bits per heavy atom. The Balaban J connectivity index is 2.06. The van der Waals surface area contributed by atoms with Crippen molar-refractivity contribution in [3.63, 3.8) is 0 Å². The van der Waals surface area contributed by atoms with E-state index in [1.165, 1.54) is 24.3 Å². The van der Waals surface area contributed by atoms with Crippen LogP contribution < -0.4 is 0 Å². The summed E-state index contributed by atoms with van der Waals surface area (Å²) in [6.45, 7) is 1.76. The minimum atomic E-state index is -0.392. The van der Waals surface area contributed by atoms with E-state index in [4.69, 9.17) is 4.52 Å². The van der Waals surface area contributed by atoms with Crippen molar-refractivity contribution in [1.29, 1.82) is 0 Å². The van der Waals surface area contributed by atoms with Gasteiger partial charge in [0.25, 0.3) is 5.89 Å². The van der Waals surface area contributed by atoms with Gasteiger partial charge in [-0.25, -0.2) is 4.39 Å². The van der Waals surface area contributed by atoms with E-state index in [9.17, 15) is 14.6 Å². The van der Waals surface area contributed by atoms with Gasteiger partial charge in [0.2, 0.25) is 5.82 Å². The summed E-state index contributed by atoms with van der Waals surface area (Å²) >= 11 is 0. The van der Waals surface area contributed by atoms with E-state index in [1.807, 2.05) is 0 Å². The van der Waals surface area contributed by atoms with Crippen LogP contribution in [0.2, 0.25) is 0 Å². The maximum atomic E-state index is 13.4. The summed E-state index contributed by atoms with van der Waals surface area (Å²) in [5.41, 5.74) is 1.42. The SMILES string of the molecule is Cc1cc(F)cc(-c2noc(-c3cccc(O)c3O)n2)c1. The Morgan fingerprint density at radius 1 is 1.14 bits per heavy atom. The standard InChI is InChI=1S/C15H11FN2O3/c1-8-5-9(7-10(16)6-8)14-17-15(21-18-14)11-3-2-4-12(19)13(11)20/h2-7,19-20H,1H3. The highest BCUT2D eigenvalue weighted by Gasteiger charge is 2.16. The molecule has 106 valence electrons. The van der Waals surface area contributed by atoms with Gasteiger partial charge in [0.15, 0.2) is 11.5 Å². The molecule has 1 aromatic heterocycles. The van der Waals surface area contributed by atoms with Crippen molar-refractivity contribution in [3.8, 4) is 34.3 Å². The quantitative estimate of drug-likeness (QED) is 0.707. The lowest BCUT2D eigenvalue weighted by Gasteiger charge is -2.00. The summed E-state index contributed by atoms with van der Waals surface area (Å²) in [7, 11) is 0. The molecule has 0 atom stereocenters. The van der Waals surface area contributed by atoms with E-state index in [-0.39, 0.29) is 28.8 Å². The molecule has 0 aliphatic rings. The molecule has 2 aromatic carbocycles. The van der Waals surface area contributed by atoms with E-state index in [1.54, 1.807) is 19.1 Å². The van der Waals surface area contributed by atoms with Gasteiger partial charge in [-0.15, -0.1) is 0 Å². The van der Waals surface area contributed by atoms with Gasteiger partial charge in [0, 0.05) is 5.56 Å². The highest BCUT2D eigenvalue weighted by molar-refractivity contribution is 5.68. The van der Waals surface area contributed by atoms with E-state index in [0.29, 0.717) is 5.56 Å². The van der Waals surface area contributed by atoms with Crippen molar-refractivity contribution in [2.75, 3.05) is 0 Å². The van der Waals surface area contributed by atoms with Crippen molar-refractivity contribution in [3.05, 3.63) is 47.8 Å². The maximum absolute atomic E-state index is 13.4. The number of halogens is 1. The molecule has 21 heavy (non-hydrogen) atoms. The number of nitrogens with zero attached hydrogens (tertiary/aromatic N) is 2. The second-order valence-electron chi connectivity index (χ2n) is 4.61. The number of hydrogen-bond acceptors (Lipinski definition) is 5. The van der Waals surface area contributed by atoms with Gasteiger partial charge in [0.05, 0.1) is 5.56 Å². The number of benzene rings is 2. The maximum Gasteiger partial charge on any atom is 0.262 e. The smallest absolute Gasteiger partial charge is 0.262 e. The van der Waals surface area contributed by atoms with Crippen LogP contribution in [0.4, 0.5) is 4.39 Å². The third kappa shape index (κ3) is 2.43. The highest BCUT2D eigenvalue weighted by atomic mass is 19.1. The van der Waals surface area contributed by atoms with Crippen molar-refractivity contribution in [2.24, 2.45) is 0 Å². The predicted molar refractivity (Wildman–Crippen MR) is 73.2 cm³/mol. The molecule has 3 aromatic rings. The lowest BCUT2D eigenvalue weighted by molar-refractivity contribution is 0.397. The van der Waals surface area contributed by atoms with Gasteiger partial charge in [-0.05, 0) is 42.8 Å². The van der Waals surface area contributed by atoms with Crippen LogP contribution in [0.1, 0.15) is 5.56 Å². The van der Waals surface area contributed by atoms with Crippen LogP contribution >= 0.6 is 0 Å². The largest absolute Gasteiger partial charge is 0.504 e. The number of hydrogen-bond donors (Lipinski definition) is 2. The van der Waals surface area contributed by atoms with Gasteiger partial charge in [-0.2, -0.15) is 4.98 Å². The topological polar surface area (TPSA) is 79.4 Å². The van der Waals surface area contributed by atoms with Crippen LogP contribution in [-0.2, 0) is 0 Å². The zero-order valence-corrected chi connectivity index (χ0v) is 11.0. The third-order valence-electron chi connectivity index (χ3n) is 2.97. The summed E-state index contributed by atoms with van der Waals surface area (Å²) in [5, 5.41) is 23.0. The van der Waals surface area contributed by atoms with Gasteiger partial charge < -0.3 is 14.7 Å². The number of rotatable bonds is 2. The van der Waals surface area contributed by atoms with Crippen LogP contribution in [0.15, 0.2) is 40.9 Å². The summed E-state index contributed by atoms with van der Waals surface area (Å²) in [5.74, 6) is -0.774. The zero-order chi connectivity index (χ0) is 15.0. The molecule has 0 saturated heterocycles. The molecular formula is C15H11FN2O3. The van der Waals surface area contributed by atoms with Crippen molar-refractivity contribution >= 4 is 0 Å². The lowest BCUT2D eigenvalue weighted by Crippen LogP contribution is -1.85. The fourth-order valence-corrected chi connectivity index (χ4v) is 2.02. The summed E-state index contributed by atoms with van der Waals surface area (Å²) in [6, 6.07) is 8.82. The second-order valence-corrected chi connectivity index (χ2v) is 4.61. The zero-order valence-electron chi connectivity index (χ0n) is 11.0. The van der Waals surface area contributed by atoms with E-state index in [0.717, 1.165) is 5.56 Å². The molecule has 5 nitrogen and oxygen atoms in total. The Morgan fingerprint density at radius 3 is 2.71 bits per heavy atom. The molecule has 0 amide bonds. The molecule has 0 aliphatic carbocycles. The van der Waals surface area contributed by atoms with Crippen LogP contribution in [-0.4, -0.2) is 20.4 Å². The number of aryl methyl sites for hydroxylation is 1. The van der Waals surface area contributed by atoms with Gasteiger partial charge in [0.1, 0.15) is 5.82 Å². The molecule has 0 spiro atoms. The fraction of sp³-hybridized carbons (Fsp3) is 0.0667. The van der Waals surface area contributed by atoms with E-state index < -0.39 is 5.82 Å². The minimum absolute atomic E-state index is 0.0420. The normalized spacial score (nSPS) is 10.8. The molecule has 0 aliphatic heterocycles. The molecule has 0 saturated carbocycles. The van der Waals surface area contributed by atoms with Crippen molar-refractivity contribution < 1.29 is 19.1 Å². The lowest BCUT2D eigenvalue weighted by atomic mass is 10.1. The number of phenols is 2. The third-order valence-corrected chi connectivity index (χ3v) is 2.97. The minimum Gasteiger partial charge on any atom is -0.504 e. The molecule has 0 unspecified atom stereocenters.